The van der Waals surface area contributed by atoms with Crippen molar-refractivity contribution in [1.82, 2.24) is 10.2 Å². The van der Waals surface area contributed by atoms with Crippen LogP contribution >= 0.6 is 11.8 Å². The van der Waals surface area contributed by atoms with Gasteiger partial charge >= 0.3 is 12.0 Å². The normalized spacial score (nSPS) is 11.6. The van der Waals surface area contributed by atoms with E-state index in [1.165, 1.54) is 18.8 Å². The van der Waals surface area contributed by atoms with Crippen LogP contribution in [-0.2, 0) is 9.59 Å². The monoisotopic (exact) mass is 263 g/mol. The van der Waals surface area contributed by atoms with E-state index in [0.717, 1.165) is 4.90 Å². The standard InChI is InChI=1S/C9H17N3O4S/c1-12(5-7(13)14)8(15)6(3-4-17-2)11-9(10)16/h6H,3-5H2,1-2H3,(H,13,14)(H3,10,11,16). The zero-order valence-corrected chi connectivity index (χ0v) is 10.6. The van der Waals surface area contributed by atoms with Gasteiger partial charge in [-0.2, -0.15) is 11.8 Å². The molecule has 0 saturated heterocycles. The molecule has 0 radical (unpaired) electrons. The van der Waals surface area contributed by atoms with E-state index >= 15 is 0 Å². The first-order valence-electron chi connectivity index (χ1n) is 4.90. The van der Waals surface area contributed by atoms with Crippen LogP contribution in [0.15, 0.2) is 0 Å². The Bertz CT molecular complexity index is 298. The molecule has 98 valence electrons. The summed E-state index contributed by atoms with van der Waals surface area (Å²) in [6.07, 6.45) is 2.28. The van der Waals surface area contributed by atoms with Crippen molar-refractivity contribution >= 4 is 29.7 Å². The van der Waals surface area contributed by atoms with E-state index in [1.807, 2.05) is 6.26 Å². The summed E-state index contributed by atoms with van der Waals surface area (Å²) in [4.78, 5) is 34.1. The van der Waals surface area contributed by atoms with Crippen molar-refractivity contribution < 1.29 is 19.5 Å². The van der Waals surface area contributed by atoms with Gasteiger partial charge in [-0.3, -0.25) is 9.59 Å². The average molecular weight is 263 g/mol. The molecule has 1 unspecified atom stereocenters. The Hall–Kier alpha value is -1.44. The summed E-state index contributed by atoms with van der Waals surface area (Å²) in [6.45, 7) is -0.408. The number of rotatable bonds is 7. The molecule has 3 amide bonds. The van der Waals surface area contributed by atoms with Crippen LogP contribution in [0.25, 0.3) is 0 Å². The number of likely N-dealkylation sites (N-methyl/N-ethyl adjacent to an activating group) is 1. The number of amides is 3. The molecule has 0 aromatic carbocycles. The van der Waals surface area contributed by atoms with Gasteiger partial charge in [0, 0.05) is 7.05 Å². The number of carboxylic acids is 1. The average Bonchev–Trinajstić information content (AvgIpc) is 2.21. The van der Waals surface area contributed by atoms with Gasteiger partial charge in [0.05, 0.1) is 0 Å². The highest BCUT2D eigenvalue weighted by Crippen LogP contribution is 2.03. The van der Waals surface area contributed by atoms with Gasteiger partial charge in [0.2, 0.25) is 5.91 Å². The van der Waals surface area contributed by atoms with Crippen molar-refractivity contribution in [2.75, 3.05) is 25.6 Å². The smallest absolute Gasteiger partial charge is 0.323 e. The molecule has 7 nitrogen and oxygen atoms in total. The first-order chi connectivity index (χ1) is 7.88. The molecule has 0 aromatic heterocycles. The number of nitrogens with one attached hydrogen (secondary N) is 1. The summed E-state index contributed by atoms with van der Waals surface area (Å²) in [5, 5.41) is 10.9. The number of nitrogens with two attached hydrogens (primary N) is 1. The number of aliphatic carboxylic acids is 1. The highest BCUT2D eigenvalue weighted by Gasteiger charge is 2.23. The van der Waals surface area contributed by atoms with Crippen LogP contribution in [0.5, 0.6) is 0 Å². The minimum absolute atomic E-state index is 0.408. The van der Waals surface area contributed by atoms with Gasteiger partial charge in [-0.25, -0.2) is 4.79 Å². The van der Waals surface area contributed by atoms with Crippen LogP contribution < -0.4 is 11.1 Å². The van der Waals surface area contributed by atoms with Crippen molar-refractivity contribution in [3.8, 4) is 0 Å². The molecule has 0 aliphatic carbocycles. The quantitative estimate of drug-likeness (QED) is 0.563. The fourth-order valence-corrected chi connectivity index (χ4v) is 1.68. The largest absolute Gasteiger partial charge is 0.480 e. The third-order valence-corrected chi connectivity index (χ3v) is 2.62. The summed E-state index contributed by atoms with van der Waals surface area (Å²) < 4.78 is 0. The van der Waals surface area contributed by atoms with Crippen LogP contribution in [0.3, 0.4) is 0 Å². The Kier molecular flexibility index (Phi) is 7.11. The van der Waals surface area contributed by atoms with Crippen molar-refractivity contribution in [2.24, 2.45) is 5.73 Å². The highest BCUT2D eigenvalue weighted by molar-refractivity contribution is 7.98. The van der Waals surface area contributed by atoms with E-state index in [1.54, 1.807) is 0 Å². The first kappa shape index (κ1) is 15.6. The van der Waals surface area contributed by atoms with Crippen LogP contribution in [0.1, 0.15) is 6.42 Å². The Balaban J connectivity index is 4.49. The van der Waals surface area contributed by atoms with E-state index in [9.17, 15) is 14.4 Å². The second-order valence-corrected chi connectivity index (χ2v) is 4.42. The molecule has 17 heavy (non-hydrogen) atoms. The molecule has 0 aliphatic rings. The van der Waals surface area contributed by atoms with E-state index in [4.69, 9.17) is 10.8 Å². The first-order valence-corrected chi connectivity index (χ1v) is 6.29. The summed E-state index contributed by atoms with van der Waals surface area (Å²) in [7, 11) is 1.37. The number of hydrogen-bond donors (Lipinski definition) is 3. The lowest BCUT2D eigenvalue weighted by Gasteiger charge is -2.22. The molecule has 0 aromatic rings. The molecule has 0 spiro atoms. The van der Waals surface area contributed by atoms with E-state index in [-0.39, 0.29) is 0 Å². The number of urea groups is 1. The van der Waals surface area contributed by atoms with Crippen molar-refractivity contribution in [1.29, 1.82) is 0 Å². The van der Waals surface area contributed by atoms with Gasteiger partial charge in [0.25, 0.3) is 0 Å². The van der Waals surface area contributed by atoms with Crippen LogP contribution in [-0.4, -0.2) is 59.6 Å². The van der Waals surface area contributed by atoms with Gasteiger partial charge in [-0.1, -0.05) is 0 Å². The second kappa shape index (κ2) is 7.77. The number of primary amides is 1. The Morgan fingerprint density at radius 3 is 2.47 bits per heavy atom. The second-order valence-electron chi connectivity index (χ2n) is 3.43. The van der Waals surface area contributed by atoms with Crippen molar-refractivity contribution in [2.45, 2.75) is 12.5 Å². The Morgan fingerprint density at radius 2 is 2.06 bits per heavy atom. The zero-order chi connectivity index (χ0) is 13.4. The maximum absolute atomic E-state index is 11.8. The van der Waals surface area contributed by atoms with E-state index < -0.39 is 30.5 Å². The van der Waals surface area contributed by atoms with Gasteiger partial charge in [-0.05, 0) is 18.4 Å². The van der Waals surface area contributed by atoms with Gasteiger partial charge in [0.15, 0.2) is 0 Å². The fourth-order valence-electron chi connectivity index (χ4n) is 1.21. The van der Waals surface area contributed by atoms with Crippen LogP contribution in [0.2, 0.25) is 0 Å². The summed E-state index contributed by atoms with van der Waals surface area (Å²) in [6, 6.07) is -1.57. The lowest BCUT2D eigenvalue weighted by Crippen LogP contribution is -2.50. The predicted molar refractivity (Wildman–Crippen MR) is 64.8 cm³/mol. The van der Waals surface area contributed by atoms with Gasteiger partial charge in [0.1, 0.15) is 12.6 Å². The molecule has 0 rings (SSSR count). The molecule has 0 heterocycles. The van der Waals surface area contributed by atoms with E-state index in [0.29, 0.717) is 12.2 Å². The van der Waals surface area contributed by atoms with E-state index in [2.05, 4.69) is 5.32 Å². The van der Waals surface area contributed by atoms with Crippen LogP contribution in [0.4, 0.5) is 4.79 Å². The lowest BCUT2D eigenvalue weighted by molar-refractivity contribution is -0.144. The molecule has 0 aliphatic heterocycles. The van der Waals surface area contributed by atoms with Crippen molar-refractivity contribution in [3.05, 3.63) is 0 Å². The molecular formula is C9H17N3O4S. The highest BCUT2D eigenvalue weighted by atomic mass is 32.2. The molecule has 4 N–H and O–H groups in total. The molecule has 0 saturated carbocycles. The molecule has 0 fully saturated rings. The fraction of sp³-hybridized carbons (Fsp3) is 0.667. The Morgan fingerprint density at radius 1 is 1.47 bits per heavy atom. The molecule has 1 atom stereocenters. The topological polar surface area (TPSA) is 113 Å². The summed E-state index contributed by atoms with van der Waals surface area (Å²) >= 11 is 1.52. The minimum Gasteiger partial charge on any atom is -0.480 e. The zero-order valence-electron chi connectivity index (χ0n) is 9.80. The maximum atomic E-state index is 11.8. The molecule has 0 bridgehead atoms. The van der Waals surface area contributed by atoms with Crippen molar-refractivity contribution in [3.63, 3.8) is 0 Å². The number of carbonyl (C=O) groups is 3. The lowest BCUT2D eigenvalue weighted by atomic mass is 10.2. The number of thioether (sulfide) groups is 1. The number of carboxylic acid groups (broad SMARTS) is 1. The minimum atomic E-state index is -1.11. The maximum Gasteiger partial charge on any atom is 0.323 e. The predicted octanol–water partition coefficient (Wildman–Crippen LogP) is -0.681. The molecule has 8 heteroatoms. The van der Waals surface area contributed by atoms with Crippen LogP contribution in [0, 0.1) is 0 Å². The molecular weight excluding hydrogens is 246 g/mol. The number of nitrogens with zero attached hydrogens (tertiary/aromatic N) is 1. The third kappa shape index (κ3) is 6.67. The van der Waals surface area contributed by atoms with Gasteiger partial charge < -0.3 is 21.1 Å². The third-order valence-electron chi connectivity index (χ3n) is 1.97. The number of carbonyl (C=O) groups excluding carboxylic acids is 2. The summed E-state index contributed by atoms with van der Waals surface area (Å²) in [5.74, 6) is -0.902. The summed E-state index contributed by atoms with van der Waals surface area (Å²) in [5.41, 5.74) is 4.96. The number of hydrogen-bond acceptors (Lipinski definition) is 4. The van der Waals surface area contributed by atoms with Gasteiger partial charge in [-0.15, -0.1) is 0 Å². The Labute approximate surface area is 104 Å². The SMILES string of the molecule is CSCCC(NC(N)=O)C(=O)N(C)CC(=O)O.